The zero-order valence-electron chi connectivity index (χ0n) is 10.3. The minimum Gasteiger partial charge on any atom is -0.391 e. The summed E-state index contributed by atoms with van der Waals surface area (Å²) in [4.78, 5) is 16.3. The van der Waals surface area contributed by atoms with Crippen LogP contribution in [-0.2, 0) is 0 Å². The van der Waals surface area contributed by atoms with Crippen LogP contribution >= 0.6 is 0 Å². The van der Waals surface area contributed by atoms with Crippen LogP contribution in [0.2, 0.25) is 0 Å². The molecule has 1 saturated carbocycles. The molecule has 2 unspecified atom stereocenters. The highest BCUT2D eigenvalue weighted by Crippen LogP contribution is 2.26. The van der Waals surface area contributed by atoms with Gasteiger partial charge in [0.2, 0.25) is 0 Å². The minimum atomic E-state index is -0.434. The topological polar surface area (TPSA) is 79.5 Å². The molecule has 1 fully saturated rings. The van der Waals surface area contributed by atoms with Crippen molar-refractivity contribution in [1.82, 2.24) is 4.98 Å². The van der Waals surface area contributed by atoms with Gasteiger partial charge in [-0.1, -0.05) is 12.8 Å². The normalized spacial score (nSPS) is 23.7. The standard InChI is InChI=1S/C12H17N3O3/c1-14(10-4-2-3-5-11(10)16)12-8-9(15(17)18)6-7-13-12/h6-8,10-11,16H,2-5H2,1H3. The van der Waals surface area contributed by atoms with Crippen molar-refractivity contribution in [2.75, 3.05) is 11.9 Å². The molecule has 0 spiro atoms. The maximum atomic E-state index is 10.7. The first-order chi connectivity index (χ1) is 8.59. The molecule has 2 rings (SSSR count). The van der Waals surface area contributed by atoms with Crippen LogP contribution in [-0.4, -0.2) is 34.2 Å². The number of aliphatic hydroxyl groups is 1. The third-order valence-corrected chi connectivity index (χ3v) is 3.49. The molecule has 0 radical (unpaired) electrons. The number of pyridine rings is 1. The molecule has 6 nitrogen and oxygen atoms in total. The minimum absolute atomic E-state index is 0.00625. The Morgan fingerprint density at radius 3 is 2.89 bits per heavy atom. The fraction of sp³-hybridized carbons (Fsp3) is 0.583. The Balaban J connectivity index is 2.19. The number of aromatic nitrogens is 1. The number of aliphatic hydroxyl groups excluding tert-OH is 1. The SMILES string of the molecule is CN(c1cc([N+](=O)[O-])ccn1)C1CCCCC1O. The van der Waals surface area contributed by atoms with E-state index in [-0.39, 0.29) is 17.8 Å². The highest BCUT2D eigenvalue weighted by Gasteiger charge is 2.27. The lowest BCUT2D eigenvalue weighted by molar-refractivity contribution is -0.384. The van der Waals surface area contributed by atoms with E-state index in [4.69, 9.17) is 0 Å². The van der Waals surface area contributed by atoms with Crippen LogP contribution in [0.4, 0.5) is 11.5 Å². The van der Waals surface area contributed by atoms with Gasteiger partial charge in [0.25, 0.3) is 5.69 Å². The first kappa shape index (κ1) is 12.8. The monoisotopic (exact) mass is 251 g/mol. The van der Waals surface area contributed by atoms with E-state index in [0.717, 1.165) is 25.7 Å². The van der Waals surface area contributed by atoms with Gasteiger partial charge in [0.1, 0.15) is 5.82 Å². The van der Waals surface area contributed by atoms with E-state index >= 15 is 0 Å². The van der Waals surface area contributed by atoms with Crippen LogP contribution in [0.25, 0.3) is 0 Å². The molecular formula is C12H17N3O3. The summed E-state index contributed by atoms with van der Waals surface area (Å²) in [7, 11) is 1.82. The number of rotatable bonds is 3. The molecule has 98 valence electrons. The van der Waals surface area contributed by atoms with E-state index in [0.29, 0.717) is 5.82 Å². The van der Waals surface area contributed by atoms with Gasteiger partial charge in [0.05, 0.1) is 23.1 Å². The van der Waals surface area contributed by atoms with Gasteiger partial charge in [-0.25, -0.2) is 4.98 Å². The summed E-state index contributed by atoms with van der Waals surface area (Å²) >= 11 is 0. The maximum absolute atomic E-state index is 10.7. The first-order valence-electron chi connectivity index (χ1n) is 6.11. The van der Waals surface area contributed by atoms with Gasteiger partial charge in [0.15, 0.2) is 0 Å². The van der Waals surface area contributed by atoms with Crippen LogP contribution in [0.15, 0.2) is 18.3 Å². The van der Waals surface area contributed by atoms with E-state index in [1.54, 1.807) is 0 Å². The molecule has 0 aromatic carbocycles. The number of hydrogen-bond acceptors (Lipinski definition) is 5. The highest BCUT2D eigenvalue weighted by molar-refractivity contribution is 5.47. The van der Waals surface area contributed by atoms with Crippen molar-refractivity contribution >= 4 is 11.5 Å². The van der Waals surface area contributed by atoms with Gasteiger partial charge in [-0.3, -0.25) is 10.1 Å². The number of nitro groups is 1. The Hall–Kier alpha value is -1.69. The first-order valence-corrected chi connectivity index (χ1v) is 6.11. The summed E-state index contributed by atoms with van der Waals surface area (Å²) in [6, 6.07) is 2.81. The van der Waals surface area contributed by atoms with Gasteiger partial charge in [-0.2, -0.15) is 0 Å². The van der Waals surface area contributed by atoms with Crippen molar-refractivity contribution in [3.63, 3.8) is 0 Å². The average Bonchev–Trinajstić information content (AvgIpc) is 2.38. The maximum Gasteiger partial charge on any atom is 0.274 e. The lowest BCUT2D eigenvalue weighted by Crippen LogP contribution is -2.43. The molecule has 0 saturated heterocycles. The molecule has 0 bridgehead atoms. The zero-order valence-corrected chi connectivity index (χ0v) is 10.3. The van der Waals surface area contributed by atoms with Gasteiger partial charge in [-0.05, 0) is 12.8 Å². The Morgan fingerprint density at radius 2 is 2.22 bits per heavy atom. The molecule has 6 heteroatoms. The molecule has 18 heavy (non-hydrogen) atoms. The van der Waals surface area contributed by atoms with E-state index in [2.05, 4.69) is 4.98 Å². The second-order valence-electron chi connectivity index (χ2n) is 4.66. The lowest BCUT2D eigenvalue weighted by atomic mass is 9.91. The molecule has 0 aliphatic heterocycles. The van der Waals surface area contributed by atoms with E-state index in [1.807, 2.05) is 11.9 Å². The second-order valence-corrected chi connectivity index (χ2v) is 4.66. The van der Waals surface area contributed by atoms with Gasteiger partial charge in [0, 0.05) is 19.3 Å². The molecular weight excluding hydrogens is 234 g/mol. The summed E-state index contributed by atoms with van der Waals surface area (Å²) in [6.07, 6.45) is 4.82. The number of hydrogen-bond donors (Lipinski definition) is 1. The summed E-state index contributed by atoms with van der Waals surface area (Å²) < 4.78 is 0. The molecule has 1 N–H and O–H groups in total. The predicted octanol–water partition coefficient (Wildman–Crippen LogP) is 1.73. The van der Waals surface area contributed by atoms with Gasteiger partial charge in [-0.15, -0.1) is 0 Å². The Bertz CT molecular complexity index is 438. The molecule has 1 aromatic rings. The molecule has 1 heterocycles. The molecule has 1 aliphatic rings. The van der Waals surface area contributed by atoms with Crippen molar-refractivity contribution in [2.45, 2.75) is 37.8 Å². The van der Waals surface area contributed by atoms with Crippen LogP contribution < -0.4 is 4.90 Å². The van der Waals surface area contributed by atoms with E-state index in [9.17, 15) is 15.2 Å². The van der Waals surface area contributed by atoms with Gasteiger partial charge >= 0.3 is 0 Å². The van der Waals surface area contributed by atoms with Crippen molar-refractivity contribution in [2.24, 2.45) is 0 Å². The predicted molar refractivity (Wildman–Crippen MR) is 67.6 cm³/mol. The molecule has 1 aliphatic carbocycles. The fourth-order valence-electron chi connectivity index (χ4n) is 2.43. The summed E-state index contributed by atoms with van der Waals surface area (Å²) in [6.45, 7) is 0. The molecule has 0 amide bonds. The zero-order chi connectivity index (χ0) is 13.1. The molecule has 1 aromatic heterocycles. The van der Waals surface area contributed by atoms with Crippen molar-refractivity contribution < 1.29 is 10.0 Å². The second kappa shape index (κ2) is 5.30. The summed E-state index contributed by atoms with van der Waals surface area (Å²) in [5, 5.41) is 20.7. The van der Waals surface area contributed by atoms with Crippen LogP contribution in [0.3, 0.4) is 0 Å². The Kier molecular flexibility index (Phi) is 3.76. The lowest BCUT2D eigenvalue weighted by Gasteiger charge is -2.35. The quantitative estimate of drug-likeness (QED) is 0.653. The van der Waals surface area contributed by atoms with Crippen molar-refractivity contribution in [3.8, 4) is 0 Å². The van der Waals surface area contributed by atoms with Crippen LogP contribution in [0.1, 0.15) is 25.7 Å². The number of anilines is 1. The third-order valence-electron chi connectivity index (χ3n) is 3.49. The highest BCUT2D eigenvalue weighted by atomic mass is 16.6. The summed E-state index contributed by atoms with van der Waals surface area (Å²) in [5.74, 6) is 0.537. The van der Waals surface area contributed by atoms with E-state index < -0.39 is 4.92 Å². The number of likely N-dealkylation sites (N-methyl/N-ethyl adjacent to an activating group) is 1. The van der Waals surface area contributed by atoms with Crippen LogP contribution in [0, 0.1) is 10.1 Å². The average molecular weight is 251 g/mol. The van der Waals surface area contributed by atoms with Crippen molar-refractivity contribution in [1.29, 1.82) is 0 Å². The fourth-order valence-corrected chi connectivity index (χ4v) is 2.43. The van der Waals surface area contributed by atoms with E-state index in [1.165, 1.54) is 18.3 Å². The summed E-state index contributed by atoms with van der Waals surface area (Å²) in [5.41, 5.74) is 0.0251. The van der Waals surface area contributed by atoms with Crippen LogP contribution in [0.5, 0.6) is 0 Å². The smallest absolute Gasteiger partial charge is 0.274 e. The molecule has 2 atom stereocenters. The number of nitrogens with zero attached hydrogens (tertiary/aromatic N) is 3. The largest absolute Gasteiger partial charge is 0.391 e. The van der Waals surface area contributed by atoms with Crippen molar-refractivity contribution in [3.05, 3.63) is 28.4 Å². The van der Waals surface area contributed by atoms with Gasteiger partial charge < -0.3 is 10.0 Å². The Morgan fingerprint density at radius 1 is 1.50 bits per heavy atom. The Labute approximate surface area is 105 Å². The third kappa shape index (κ3) is 2.59.